The van der Waals surface area contributed by atoms with Gasteiger partial charge in [0, 0.05) is 11.1 Å². The van der Waals surface area contributed by atoms with Gasteiger partial charge < -0.3 is 5.73 Å². The van der Waals surface area contributed by atoms with Crippen molar-refractivity contribution in [2.24, 2.45) is 5.73 Å². The Balaban J connectivity index is 3.02. The molecule has 1 unspecified atom stereocenters. The zero-order valence-electron chi connectivity index (χ0n) is 8.48. The molecule has 0 aliphatic rings. The van der Waals surface area contributed by atoms with E-state index < -0.39 is 0 Å². The van der Waals surface area contributed by atoms with E-state index in [0.717, 1.165) is 18.4 Å². The van der Waals surface area contributed by atoms with Gasteiger partial charge in [-0.15, -0.1) is 0 Å². The molecule has 1 rings (SSSR count). The maximum Gasteiger partial charge on any atom is 0.127 e. The van der Waals surface area contributed by atoms with Crippen molar-refractivity contribution in [1.29, 1.82) is 0 Å². The Morgan fingerprint density at radius 2 is 2.14 bits per heavy atom. The fourth-order valence-corrected chi connectivity index (χ4v) is 1.72. The summed E-state index contributed by atoms with van der Waals surface area (Å²) in [6.07, 6.45) is 1.86. The van der Waals surface area contributed by atoms with Crippen LogP contribution >= 0.6 is 11.6 Å². The first-order valence-corrected chi connectivity index (χ1v) is 5.15. The first-order valence-electron chi connectivity index (χ1n) is 4.77. The van der Waals surface area contributed by atoms with Crippen LogP contribution in [0.5, 0.6) is 0 Å². The van der Waals surface area contributed by atoms with Crippen LogP contribution in [-0.4, -0.2) is 0 Å². The summed E-state index contributed by atoms with van der Waals surface area (Å²) in [5.74, 6) is -0.276. The molecule has 0 saturated carbocycles. The summed E-state index contributed by atoms with van der Waals surface area (Å²) >= 11 is 5.91. The maximum absolute atomic E-state index is 13.1. The molecule has 3 heteroatoms. The summed E-state index contributed by atoms with van der Waals surface area (Å²) in [4.78, 5) is 0. The number of benzene rings is 1. The smallest absolute Gasteiger partial charge is 0.127 e. The minimum atomic E-state index is -0.276. The van der Waals surface area contributed by atoms with E-state index in [9.17, 15) is 4.39 Å². The molecule has 0 aliphatic heterocycles. The number of halogens is 2. The predicted molar refractivity (Wildman–Crippen MR) is 58.0 cm³/mol. The van der Waals surface area contributed by atoms with Crippen molar-refractivity contribution in [1.82, 2.24) is 0 Å². The predicted octanol–water partition coefficient (Wildman–Crippen LogP) is 3.59. The minimum absolute atomic E-state index is 0.0909. The molecule has 0 amide bonds. The van der Waals surface area contributed by atoms with Crippen molar-refractivity contribution in [2.75, 3.05) is 0 Å². The molecule has 78 valence electrons. The summed E-state index contributed by atoms with van der Waals surface area (Å²) in [6, 6.07) is 2.98. The lowest BCUT2D eigenvalue weighted by molar-refractivity contribution is 0.608. The molecule has 1 aromatic rings. The molecule has 14 heavy (non-hydrogen) atoms. The first-order chi connectivity index (χ1) is 6.56. The van der Waals surface area contributed by atoms with Crippen molar-refractivity contribution in [2.45, 2.75) is 32.7 Å². The Kier molecular flexibility index (Phi) is 3.90. The van der Waals surface area contributed by atoms with Gasteiger partial charge >= 0.3 is 0 Å². The molecule has 0 spiro atoms. The third-order valence-corrected chi connectivity index (χ3v) is 2.60. The topological polar surface area (TPSA) is 26.0 Å². The lowest BCUT2D eigenvalue weighted by Crippen LogP contribution is -2.10. The van der Waals surface area contributed by atoms with E-state index in [0.29, 0.717) is 10.6 Å². The number of hydrogen-bond acceptors (Lipinski definition) is 1. The van der Waals surface area contributed by atoms with Crippen molar-refractivity contribution >= 4 is 11.6 Å². The summed E-state index contributed by atoms with van der Waals surface area (Å²) in [7, 11) is 0. The van der Waals surface area contributed by atoms with Crippen LogP contribution in [0.3, 0.4) is 0 Å². The Morgan fingerprint density at radius 3 is 2.71 bits per heavy atom. The van der Waals surface area contributed by atoms with E-state index >= 15 is 0 Å². The largest absolute Gasteiger partial charge is 0.324 e. The van der Waals surface area contributed by atoms with E-state index in [1.807, 2.05) is 0 Å². The monoisotopic (exact) mass is 215 g/mol. The molecule has 0 aliphatic carbocycles. The van der Waals surface area contributed by atoms with Crippen molar-refractivity contribution < 1.29 is 4.39 Å². The Bertz CT molecular complexity index is 325. The second kappa shape index (κ2) is 4.76. The van der Waals surface area contributed by atoms with Gasteiger partial charge in [-0.05, 0) is 30.5 Å². The SMILES string of the molecule is CCCC(N)c1cc(C)c(F)cc1Cl. The fourth-order valence-electron chi connectivity index (χ4n) is 1.43. The summed E-state index contributed by atoms with van der Waals surface area (Å²) < 4.78 is 13.1. The average molecular weight is 216 g/mol. The second-order valence-corrected chi connectivity index (χ2v) is 3.93. The molecule has 0 fully saturated rings. The molecule has 1 atom stereocenters. The summed E-state index contributed by atoms with van der Waals surface area (Å²) in [5.41, 5.74) is 7.35. The van der Waals surface area contributed by atoms with Crippen LogP contribution in [0.1, 0.15) is 36.9 Å². The van der Waals surface area contributed by atoms with E-state index in [2.05, 4.69) is 6.92 Å². The Hall–Kier alpha value is -0.600. The molecular formula is C11H15ClFN. The van der Waals surface area contributed by atoms with Crippen LogP contribution in [0.4, 0.5) is 4.39 Å². The van der Waals surface area contributed by atoms with E-state index in [1.54, 1.807) is 13.0 Å². The van der Waals surface area contributed by atoms with E-state index in [-0.39, 0.29) is 11.9 Å². The summed E-state index contributed by atoms with van der Waals surface area (Å²) in [5, 5.41) is 0.425. The molecule has 1 nitrogen and oxygen atoms in total. The molecule has 0 radical (unpaired) electrons. The lowest BCUT2D eigenvalue weighted by Gasteiger charge is -2.13. The minimum Gasteiger partial charge on any atom is -0.324 e. The van der Waals surface area contributed by atoms with Gasteiger partial charge in [-0.1, -0.05) is 31.0 Å². The average Bonchev–Trinajstić information content (AvgIpc) is 2.11. The van der Waals surface area contributed by atoms with Gasteiger partial charge in [0.1, 0.15) is 5.82 Å². The highest BCUT2D eigenvalue weighted by atomic mass is 35.5. The molecule has 0 aromatic heterocycles. The second-order valence-electron chi connectivity index (χ2n) is 3.52. The summed E-state index contributed by atoms with van der Waals surface area (Å²) in [6.45, 7) is 3.78. The lowest BCUT2D eigenvalue weighted by atomic mass is 10.0. The van der Waals surface area contributed by atoms with Crippen molar-refractivity contribution in [3.8, 4) is 0 Å². The zero-order valence-corrected chi connectivity index (χ0v) is 9.24. The van der Waals surface area contributed by atoms with Crippen LogP contribution in [0.15, 0.2) is 12.1 Å². The highest BCUT2D eigenvalue weighted by Gasteiger charge is 2.11. The van der Waals surface area contributed by atoms with Crippen LogP contribution in [0.2, 0.25) is 5.02 Å². The molecule has 0 saturated heterocycles. The third kappa shape index (κ3) is 2.46. The normalized spacial score (nSPS) is 12.9. The van der Waals surface area contributed by atoms with Gasteiger partial charge in [0.05, 0.1) is 0 Å². The Labute approximate surface area is 89.1 Å². The number of rotatable bonds is 3. The highest BCUT2D eigenvalue weighted by molar-refractivity contribution is 6.31. The van der Waals surface area contributed by atoms with E-state index in [1.165, 1.54) is 6.07 Å². The maximum atomic E-state index is 13.1. The first kappa shape index (κ1) is 11.5. The van der Waals surface area contributed by atoms with Crippen LogP contribution < -0.4 is 5.73 Å². The van der Waals surface area contributed by atoms with Gasteiger partial charge in [0.2, 0.25) is 0 Å². The van der Waals surface area contributed by atoms with Gasteiger partial charge in [-0.25, -0.2) is 4.39 Å². The van der Waals surface area contributed by atoms with Crippen LogP contribution in [-0.2, 0) is 0 Å². The standard InChI is InChI=1S/C11H15ClFN/c1-3-4-11(14)8-5-7(2)10(13)6-9(8)12/h5-6,11H,3-4,14H2,1-2H3. The van der Waals surface area contributed by atoms with Gasteiger partial charge in [-0.3, -0.25) is 0 Å². The van der Waals surface area contributed by atoms with Crippen LogP contribution in [0, 0.1) is 12.7 Å². The van der Waals surface area contributed by atoms with Gasteiger partial charge in [0.25, 0.3) is 0 Å². The Morgan fingerprint density at radius 1 is 1.50 bits per heavy atom. The van der Waals surface area contributed by atoms with E-state index in [4.69, 9.17) is 17.3 Å². The number of aryl methyl sites for hydroxylation is 1. The van der Waals surface area contributed by atoms with Crippen LogP contribution in [0.25, 0.3) is 0 Å². The number of nitrogens with two attached hydrogens (primary N) is 1. The van der Waals surface area contributed by atoms with Crippen molar-refractivity contribution in [3.63, 3.8) is 0 Å². The fraction of sp³-hybridized carbons (Fsp3) is 0.455. The van der Waals surface area contributed by atoms with Crippen molar-refractivity contribution in [3.05, 3.63) is 34.1 Å². The molecule has 2 N–H and O–H groups in total. The molecule has 0 bridgehead atoms. The molecule has 1 aromatic carbocycles. The highest BCUT2D eigenvalue weighted by Crippen LogP contribution is 2.27. The zero-order chi connectivity index (χ0) is 10.7. The third-order valence-electron chi connectivity index (χ3n) is 2.28. The quantitative estimate of drug-likeness (QED) is 0.820. The molecule has 0 heterocycles. The molecular weight excluding hydrogens is 201 g/mol. The van der Waals surface area contributed by atoms with Gasteiger partial charge in [-0.2, -0.15) is 0 Å². The van der Waals surface area contributed by atoms with Gasteiger partial charge in [0.15, 0.2) is 0 Å². The number of hydrogen-bond donors (Lipinski definition) is 1.